The highest BCUT2D eigenvalue weighted by molar-refractivity contribution is 7.92. The number of nitrogens with one attached hydrogen (secondary N) is 2. The molecule has 0 bridgehead atoms. The van der Waals surface area contributed by atoms with Gasteiger partial charge in [0.05, 0.1) is 10.6 Å². The molecule has 0 aromatic heterocycles. The molecule has 28 heavy (non-hydrogen) atoms. The molecule has 0 radical (unpaired) electrons. The van der Waals surface area contributed by atoms with E-state index in [4.69, 9.17) is 0 Å². The van der Waals surface area contributed by atoms with E-state index >= 15 is 0 Å². The third-order valence-electron chi connectivity index (χ3n) is 4.50. The normalized spacial score (nSPS) is 14.7. The Kier molecular flexibility index (Phi) is 7.40. The molecule has 1 heterocycles. The second-order valence-corrected chi connectivity index (χ2v) is 8.14. The van der Waals surface area contributed by atoms with Crippen molar-refractivity contribution in [3.63, 3.8) is 0 Å². The third-order valence-corrected chi connectivity index (χ3v) is 5.86. The van der Waals surface area contributed by atoms with Crippen LogP contribution in [0.25, 0.3) is 0 Å². The van der Waals surface area contributed by atoms with Crippen LogP contribution in [0.5, 0.6) is 0 Å². The summed E-state index contributed by atoms with van der Waals surface area (Å²) < 4.78 is 41.4. The van der Waals surface area contributed by atoms with Crippen LogP contribution in [-0.2, 0) is 10.0 Å². The molecular weight excluding hydrogens is 405 g/mol. The molecule has 0 spiro atoms. The van der Waals surface area contributed by atoms with Gasteiger partial charge in [-0.3, -0.25) is 9.52 Å². The Morgan fingerprint density at radius 1 is 1.14 bits per heavy atom. The van der Waals surface area contributed by atoms with E-state index in [1.165, 1.54) is 30.3 Å². The van der Waals surface area contributed by atoms with Gasteiger partial charge in [-0.15, -0.1) is 12.4 Å². The Hall–Kier alpha value is -2.16. The number of carbonyl (C=O) groups is 1. The fourth-order valence-corrected chi connectivity index (χ4v) is 4.06. The minimum absolute atomic E-state index is 0. The van der Waals surface area contributed by atoms with E-state index in [1.807, 2.05) is 0 Å². The Morgan fingerprint density at radius 2 is 1.89 bits per heavy atom. The fraction of sp³-hybridized carbons (Fsp3) is 0.316. The highest BCUT2D eigenvalue weighted by Gasteiger charge is 2.23. The summed E-state index contributed by atoms with van der Waals surface area (Å²) in [6.45, 7) is 4.52. The predicted molar refractivity (Wildman–Crippen MR) is 109 cm³/mol. The van der Waals surface area contributed by atoms with Crippen LogP contribution >= 0.6 is 12.4 Å². The first kappa shape index (κ1) is 22.1. The van der Waals surface area contributed by atoms with Crippen LogP contribution in [0.15, 0.2) is 47.4 Å². The van der Waals surface area contributed by atoms with Gasteiger partial charge in [0.15, 0.2) is 0 Å². The molecule has 0 atom stereocenters. The molecule has 152 valence electrons. The van der Waals surface area contributed by atoms with Crippen LogP contribution in [0, 0.1) is 12.7 Å². The second-order valence-electron chi connectivity index (χ2n) is 6.46. The lowest BCUT2D eigenvalue weighted by Crippen LogP contribution is -2.34. The summed E-state index contributed by atoms with van der Waals surface area (Å²) in [4.78, 5) is 14.5. The SMILES string of the molecule is Cc1ccc(S(=O)(=O)Nc2ccccc2F)cc1C(=O)N1CCCNCC1.Cl. The van der Waals surface area contributed by atoms with E-state index in [2.05, 4.69) is 10.0 Å². The maximum absolute atomic E-state index is 13.8. The highest BCUT2D eigenvalue weighted by atomic mass is 35.5. The minimum atomic E-state index is -4.02. The summed E-state index contributed by atoms with van der Waals surface area (Å²) in [6, 6.07) is 9.91. The zero-order valence-electron chi connectivity index (χ0n) is 15.4. The number of anilines is 1. The summed E-state index contributed by atoms with van der Waals surface area (Å²) in [6.07, 6.45) is 0.845. The zero-order chi connectivity index (χ0) is 19.4. The molecule has 1 aliphatic heterocycles. The number of hydrogen-bond acceptors (Lipinski definition) is 4. The number of hydrogen-bond donors (Lipinski definition) is 2. The van der Waals surface area contributed by atoms with E-state index < -0.39 is 15.8 Å². The minimum Gasteiger partial charge on any atom is -0.337 e. The lowest BCUT2D eigenvalue weighted by molar-refractivity contribution is 0.0765. The van der Waals surface area contributed by atoms with Gasteiger partial charge < -0.3 is 10.2 Å². The fourth-order valence-electron chi connectivity index (χ4n) is 2.97. The van der Waals surface area contributed by atoms with E-state index in [-0.39, 0.29) is 28.9 Å². The van der Waals surface area contributed by atoms with Gasteiger partial charge in [-0.1, -0.05) is 18.2 Å². The van der Waals surface area contributed by atoms with Crippen molar-refractivity contribution in [2.75, 3.05) is 30.9 Å². The molecule has 1 saturated heterocycles. The standard InChI is InChI=1S/C19H22FN3O3S.ClH/c1-14-7-8-15(27(25,26)22-18-6-3-2-5-17(18)20)13-16(14)19(24)23-11-4-9-21-10-12-23;/h2-3,5-8,13,21-22H,4,9-12H2,1H3;1H. The Bertz CT molecular complexity index is 945. The van der Waals surface area contributed by atoms with Crippen molar-refractivity contribution in [1.29, 1.82) is 0 Å². The molecule has 1 amide bonds. The molecule has 2 aromatic rings. The van der Waals surface area contributed by atoms with Gasteiger partial charge in [-0.05, 0) is 49.7 Å². The van der Waals surface area contributed by atoms with Crippen molar-refractivity contribution in [3.8, 4) is 0 Å². The number of nitrogens with zero attached hydrogens (tertiary/aromatic N) is 1. The Labute approximate surface area is 170 Å². The van der Waals surface area contributed by atoms with Crippen LogP contribution in [0.2, 0.25) is 0 Å². The molecule has 2 N–H and O–H groups in total. The molecule has 0 aliphatic carbocycles. The van der Waals surface area contributed by atoms with Gasteiger partial charge in [0.2, 0.25) is 0 Å². The molecule has 3 rings (SSSR count). The van der Waals surface area contributed by atoms with Crippen molar-refractivity contribution in [3.05, 3.63) is 59.4 Å². The zero-order valence-corrected chi connectivity index (χ0v) is 17.1. The number of para-hydroxylation sites is 1. The van der Waals surface area contributed by atoms with Gasteiger partial charge in [-0.25, -0.2) is 12.8 Å². The highest BCUT2D eigenvalue weighted by Crippen LogP contribution is 2.22. The summed E-state index contributed by atoms with van der Waals surface area (Å²) >= 11 is 0. The first-order valence-corrected chi connectivity index (χ1v) is 10.2. The van der Waals surface area contributed by atoms with Crippen LogP contribution in [-0.4, -0.2) is 45.4 Å². The van der Waals surface area contributed by atoms with E-state index in [9.17, 15) is 17.6 Å². The third kappa shape index (κ3) is 5.01. The number of sulfonamides is 1. The van der Waals surface area contributed by atoms with Gasteiger partial charge >= 0.3 is 0 Å². The number of aryl methyl sites for hydroxylation is 1. The monoisotopic (exact) mass is 427 g/mol. The van der Waals surface area contributed by atoms with Crippen LogP contribution in [0.4, 0.5) is 10.1 Å². The number of rotatable bonds is 4. The van der Waals surface area contributed by atoms with Gasteiger partial charge in [0, 0.05) is 25.2 Å². The molecule has 2 aromatic carbocycles. The van der Waals surface area contributed by atoms with Gasteiger partial charge in [0.25, 0.3) is 15.9 Å². The van der Waals surface area contributed by atoms with Gasteiger partial charge in [-0.2, -0.15) is 0 Å². The Balaban J connectivity index is 0.00000280. The summed E-state index contributed by atoms with van der Waals surface area (Å²) in [5.74, 6) is -0.860. The average molecular weight is 428 g/mol. The van der Waals surface area contributed by atoms with Crippen LogP contribution in [0.3, 0.4) is 0 Å². The number of halogens is 2. The maximum Gasteiger partial charge on any atom is 0.262 e. The summed E-state index contributed by atoms with van der Waals surface area (Å²) in [7, 11) is -4.02. The van der Waals surface area contributed by atoms with Crippen LogP contribution < -0.4 is 10.0 Å². The average Bonchev–Trinajstić information content (AvgIpc) is 2.92. The van der Waals surface area contributed by atoms with E-state index in [1.54, 1.807) is 24.0 Å². The first-order valence-electron chi connectivity index (χ1n) is 8.76. The van der Waals surface area contributed by atoms with Crippen molar-refractivity contribution in [1.82, 2.24) is 10.2 Å². The lowest BCUT2D eigenvalue weighted by Gasteiger charge is -2.21. The smallest absolute Gasteiger partial charge is 0.262 e. The maximum atomic E-state index is 13.8. The molecule has 0 unspecified atom stereocenters. The van der Waals surface area contributed by atoms with E-state index in [0.717, 1.165) is 13.0 Å². The van der Waals surface area contributed by atoms with Crippen molar-refractivity contribution >= 4 is 34.0 Å². The van der Waals surface area contributed by atoms with Crippen LogP contribution in [0.1, 0.15) is 22.3 Å². The molecule has 1 aliphatic rings. The molecular formula is C19H23ClFN3O3S. The van der Waals surface area contributed by atoms with E-state index in [0.29, 0.717) is 30.8 Å². The molecule has 6 nitrogen and oxygen atoms in total. The number of amides is 1. The van der Waals surface area contributed by atoms with Crippen molar-refractivity contribution in [2.24, 2.45) is 0 Å². The van der Waals surface area contributed by atoms with Crippen molar-refractivity contribution in [2.45, 2.75) is 18.2 Å². The molecule has 9 heteroatoms. The lowest BCUT2D eigenvalue weighted by atomic mass is 10.1. The summed E-state index contributed by atoms with van der Waals surface area (Å²) in [5, 5.41) is 3.23. The quantitative estimate of drug-likeness (QED) is 0.786. The topological polar surface area (TPSA) is 78.5 Å². The predicted octanol–water partition coefficient (Wildman–Crippen LogP) is 2.79. The Morgan fingerprint density at radius 3 is 2.64 bits per heavy atom. The largest absolute Gasteiger partial charge is 0.337 e. The first-order chi connectivity index (χ1) is 12.9. The second kappa shape index (κ2) is 9.36. The summed E-state index contributed by atoms with van der Waals surface area (Å²) in [5.41, 5.74) is 0.903. The number of carbonyl (C=O) groups excluding carboxylic acids is 1. The molecule has 0 saturated carbocycles. The molecule has 1 fully saturated rings. The number of benzene rings is 2. The van der Waals surface area contributed by atoms with Gasteiger partial charge in [0.1, 0.15) is 5.82 Å². The van der Waals surface area contributed by atoms with Crippen molar-refractivity contribution < 1.29 is 17.6 Å².